The van der Waals surface area contributed by atoms with Crippen molar-refractivity contribution in [2.24, 2.45) is 0 Å². The molecule has 88 valence electrons. The lowest BCUT2D eigenvalue weighted by atomic mass is 10.1. The van der Waals surface area contributed by atoms with Gasteiger partial charge in [-0.15, -0.1) is 0 Å². The molecule has 0 saturated carbocycles. The highest BCUT2D eigenvalue weighted by Gasteiger charge is 2.09. The van der Waals surface area contributed by atoms with Gasteiger partial charge in [0, 0.05) is 23.3 Å². The SMILES string of the molecule is Clc1nc(-c2cccc3cccnc23)ncc1Br. The Bertz CT molecular complexity index is 725. The van der Waals surface area contributed by atoms with Gasteiger partial charge in [0.05, 0.1) is 9.99 Å². The van der Waals surface area contributed by atoms with Crippen molar-refractivity contribution >= 4 is 38.4 Å². The molecule has 3 rings (SSSR count). The summed E-state index contributed by atoms with van der Waals surface area (Å²) in [5.74, 6) is 0.576. The van der Waals surface area contributed by atoms with E-state index < -0.39 is 0 Å². The summed E-state index contributed by atoms with van der Waals surface area (Å²) in [7, 11) is 0. The van der Waals surface area contributed by atoms with E-state index in [1.807, 2.05) is 30.3 Å². The molecule has 0 saturated heterocycles. The molecule has 0 aliphatic rings. The third kappa shape index (κ3) is 1.98. The summed E-state index contributed by atoms with van der Waals surface area (Å²) in [5.41, 5.74) is 1.75. The molecule has 3 nitrogen and oxygen atoms in total. The largest absolute Gasteiger partial charge is 0.255 e. The summed E-state index contributed by atoms with van der Waals surface area (Å²) < 4.78 is 0.682. The van der Waals surface area contributed by atoms with Crippen molar-refractivity contribution < 1.29 is 0 Å². The van der Waals surface area contributed by atoms with Gasteiger partial charge in [0.2, 0.25) is 0 Å². The Kier molecular flexibility index (Phi) is 2.97. The van der Waals surface area contributed by atoms with Crippen LogP contribution in [0.5, 0.6) is 0 Å². The number of rotatable bonds is 1. The molecule has 0 radical (unpaired) electrons. The number of para-hydroxylation sites is 1. The summed E-state index contributed by atoms with van der Waals surface area (Å²) in [6.07, 6.45) is 3.40. The van der Waals surface area contributed by atoms with Crippen LogP contribution in [-0.2, 0) is 0 Å². The lowest BCUT2D eigenvalue weighted by molar-refractivity contribution is 1.16. The fraction of sp³-hybridized carbons (Fsp3) is 0. The normalized spacial score (nSPS) is 10.8. The maximum Gasteiger partial charge on any atom is 0.163 e. The Hall–Kier alpha value is -1.52. The number of nitrogens with zero attached hydrogens (tertiary/aromatic N) is 3. The summed E-state index contributed by atoms with van der Waals surface area (Å²) in [6, 6.07) is 9.81. The first-order valence-corrected chi connectivity index (χ1v) is 6.45. The minimum Gasteiger partial charge on any atom is -0.255 e. The molecule has 0 amide bonds. The first-order chi connectivity index (χ1) is 8.75. The van der Waals surface area contributed by atoms with Gasteiger partial charge in [0.1, 0.15) is 5.15 Å². The number of fused-ring (bicyclic) bond motifs is 1. The number of benzene rings is 1. The molecule has 0 aliphatic heterocycles. The zero-order valence-electron chi connectivity index (χ0n) is 9.14. The Balaban J connectivity index is 2.28. The van der Waals surface area contributed by atoms with Crippen LogP contribution in [0, 0.1) is 0 Å². The number of hydrogen-bond donors (Lipinski definition) is 0. The number of pyridine rings is 1. The van der Waals surface area contributed by atoms with Crippen molar-refractivity contribution in [1.29, 1.82) is 0 Å². The maximum atomic E-state index is 6.00. The lowest BCUT2D eigenvalue weighted by Crippen LogP contribution is -1.92. The van der Waals surface area contributed by atoms with E-state index in [9.17, 15) is 0 Å². The first kappa shape index (κ1) is 11.6. The van der Waals surface area contributed by atoms with E-state index in [0.29, 0.717) is 15.5 Å². The summed E-state index contributed by atoms with van der Waals surface area (Å²) in [4.78, 5) is 12.9. The third-order valence-electron chi connectivity index (χ3n) is 2.57. The Morgan fingerprint density at radius 2 is 1.89 bits per heavy atom. The van der Waals surface area contributed by atoms with Crippen molar-refractivity contribution in [3.8, 4) is 11.4 Å². The van der Waals surface area contributed by atoms with Crippen LogP contribution in [0.15, 0.2) is 47.2 Å². The molecular formula is C13H7BrClN3. The van der Waals surface area contributed by atoms with Crippen molar-refractivity contribution in [1.82, 2.24) is 15.0 Å². The van der Waals surface area contributed by atoms with E-state index in [1.54, 1.807) is 12.4 Å². The Morgan fingerprint density at radius 3 is 2.72 bits per heavy atom. The highest BCUT2D eigenvalue weighted by Crippen LogP contribution is 2.27. The number of halogens is 2. The van der Waals surface area contributed by atoms with Crippen molar-refractivity contribution in [2.75, 3.05) is 0 Å². The molecule has 1 aromatic carbocycles. The van der Waals surface area contributed by atoms with E-state index in [1.165, 1.54) is 0 Å². The average Bonchev–Trinajstić information content (AvgIpc) is 2.41. The van der Waals surface area contributed by atoms with Crippen LogP contribution in [0.25, 0.3) is 22.3 Å². The minimum atomic E-state index is 0.396. The van der Waals surface area contributed by atoms with E-state index in [4.69, 9.17) is 11.6 Å². The van der Waals surface area contributed by atoms with Gasteiger partial charge in [-0.3, -0.25) is 4.98 Å². The van der Waals surface area contributed by atoms with Crippen LogP contribution in [0.2, 0.25) is 5.15 Å². The van der Waals surface area contributed by atoms with Gasteiger partial charge in [0.15, 0.2) is 5.82 Å². The molecule has 3 aromatic rings. The van der Waals surface area contributed by atoms with Gasteiger partial charge in [-0.05, 0) is 28.1 Å². The molecule has 0 aliphatic carbocycles. The lowest BCUT2D eigenvalue weighted by Gasteiger charge is -2.05. The summed E-state index contributed by atoms with van der Waals surface area (Å²) in [5, 5.41) is 1.45. The van der Waals surface area contributed by atoms with Gasteiger partial charge in [-0.2, -0.15) is 0 Å². The van der Waals surface area contributed by atoms with Gasteiger partial charge >= 0.3 is 0 Å². The fourth-order valence-corrected chi connectivity index (χ4v) is 2.08. The van der Waals surface area contributed by atoms with Crippen LogP contribution in [0.1, 0.15) is 0 Å². The standard InChI is InChI=1S/C13H7BrClN3/c14-10-7-17-13(18-12(10)15)9-5-1-3-8-4-2-6-16-11(8)9/h1-7H. The predicted octanol–water partition coefficient (Wildman–Crippen LogP) is 4.11. The van der Waals surface area contributed by atoms with Crippen LogP contribution >= 0.6 is 27.5 Å². The zero-order valence-corrected chi connectivity index (χ0v) is 11.5. The molecule has 0 bridgehead atoms. The molecule has 0 atom stereocenters. The van der Waals surface area contributed by atoms with Crippen LogP contribution < -0.4 is 0 Å². The van der Waals surface area contributed by atoms with Gasteiger partial charge in [0.25, 0.3) is 0 Å². The quantitative estimate of drug-likeness (QED) is 0.633. The second-order valence-electron chi connectivity index (χ2n) is 3.71. The van der Waals surface area contributed by atoms with E-state index >= 15 is 0 Å². The first-order valence-electron chi connectivity index (χ1n) is 5.28. The highest BCUT2D eigenvalue weighted by atomic mass is 79.9. The summed E-state index contributed by atoms with van der Waals surface area (Å²) >= 11 is 9.28. The van der Waals surface area contributed by atoms with Crippen molar-refractivity contribution in [2.45, 2.75) is 0 Å². The predicted molar refractivity (Wildman–Crippen MR) is 75.5 cm³/mol. The van der Waals surface area contributed by atoms with E-state index in [2.05, 4.69) is 30.9 Å². The van der Waals surface area contributed by atoms with Crippen molar-refractivity contribution in [3.63, 3.8) is 0 Å². The second-order valence-corrected chi connectivity index (χ2v) is 4.93. The van der Waals surface area contributed by atoms with Crippen LogP contribution in [0.3, 0.4) is 0 Å². The second kappa shape index (κ2) is 4.63. The van der Waals surface area contributed by atoms with Crippen molar-refractivity contribution in [3.05, 3.63) is 52.4 Å². The van der Waals surface area contributed by atoms with Crippen LogP contribution in [-0.4, -0.2) is 15.0 Å². The van der Waals surface area contributed by atoms with Crippen LogP contribution in [0.4, 0.5) is 0 Å². The van der Waals surface area contributed by atoms with E-state index in [0.717, 1.165) is 16.5 Å². The fourth-order valence-electron chi connectivity index (χ4n) is 1.76. The average molecular weight is 321 g/mol. The highest BCUT2D eigenvalue weighted by molar-refractivity contribution is 9.10. The molecule has 0 spiro atoms. The topological polar surface area (TPSA) is 38.7 Å². The molecule has 5 heteroatoms. The van der Waals surface area contributed by atoms with Gasteiger partial charge in [-0.1, -0.05) is 29.8 Å². The molecule has 18 heavy (non-hydrogen) atoms. The minimum absolute atomic E-state index is 0.396. The molecular weight excluding hydrogens is 314 g/mol. The number of hydrogen-bond acceptors (Lipinski definition) is 3. The third-order valence-corrected chi connectivity index (χ3v) is 3.67. The maximum absolute atomic E-state index is 6.00. The van der Waals surface area contributed by atoms with Gasteiger partial charge < -0.3 is 0 Å². The van der Waals surface area contributed by atoms with E-state index in [-0.39, 0.29) is 0 Å². The number of aromatic nitrogens is 3. The molecule has 0 fully saturated rings. The Morgan fingerprint density at radius 1 is 1.06 bits per heavy atom. The molecule has 2 aromatic heterocycles. The Labute approximate surface area is 117 Å². The monoisotopic (exact) mass is 319 g/mol. The molecule has 2 heterocycles. The smallest absolute Gasteiger partial charge is 0.163 e. The van der Waals surface area contributed by atoms with Gasteiger partial charge in [-0.25, -0.2) is 9.97 Å². The molecule has 0 N–H and O–H groups in total. The zero-order chi connectivity index (χ0) is 12.5. The molecule has 0 unspecified atom stereocenters. The summed E-state index contributed by atoms with van der Waals surface area (Å²) in [6.45, 7) is 0.